The lowest BCUT2D eigenvalue weighted by molar-refractivity contribution is 0.236. The van der Waals surface area contributed by atoms with Gasteiger partial charge in [0.2, 0.25) is 0 Å². The van der Waals surface area contributed by atoms with E-state index in [2.05, 4.69) is 0 Å². The molecule has 0 saturated heterocycles. The van der Waals surface area contributed by atoms with Crippen LogP contribution in [-0.2, 0) is 0 Å². The molecule has 0 spiro atoms. The Morgan fingerprint density at radius 2 is 2.00 bits per heavy atom. The second-order valence-electron chi connectivity index (χ2n) is 2.21. The summed E-state index contributed by atoms with van der Waals surface area (Å²) < 4.78 is 0. The van der Waals surface area contributed by atoms with Crippen molar-refractivity contribution in [3.63, 3.8) is 0 Å². The summed E-state index contributed by atoms with van der Waals surface area (Å²) in [4.78, 5) is 0. The summed E-state index contributed by atoms with van der Waals surface area (Å²) in [5.74, 6) is 0. The molecule has 0 aliphatic heterocycles. The van der Waals surface area contributed by atoms with Gasteiger partial charge in [-0.05, 0) is 17.7 Å². The molecule has 0 radical (unpaired) electrons. The fourth-order valence-electron chi connectivity index (χ4n) is 0.757. The van der Waals surface area contributed by atoms with Gasteiger partial charge < -0.3 is 5.11 Å². The summed E-state index contributed by atoms with van der Waals surface area (Å²) in [7, 11) is 0. The second kappa shape index (κ2) is 3.77. The minimum absolute atomic E-state index is 0.337. The van der Waals surface area contributed by atoms with Crippen LogP contribution in [0.3, 0.4) is 0 Å². The third-order valence-electron chi connectivity index (χ3n) is 1.38. The van der Waals surface area contributed by atoms with E-state index in [0.717, 1.165) is 0 Å². The van der Waals surface area contributed by atoms with Crippen LogP contribution in [0.4, 0.5) is 0 Å². The Kier molecular flexibility index (Phi) is 2.93. The smallest absolute Gasteiger partial charge is 0.165 e. The van der Waals surface area contributed by atoms with E-state index < -0.39 is 6.10 Å². The number of benzene rings is 1. The highest BCUT2D eigenvalue weighted by Gasteiger charge is 2.06. The van der Waals surface area contributed by atoms with Crippen molar-refractivity contribution in [2.75, 3.05) is 0 Å². The average molecular weight is 202 g/mol. The molecule has 1 unspecified atom stereocenters. The zero-order chi connectivity index (χ0) is 9.14. The number of hydrogen-bond acceptors (Lipinski definition) is 2. The molecule has 1 atom stereocenters. The molecule has 0 bridgehead atoms. The van der Waals surface area contributed by atoms with Gasteiger partial charge in [0.05, 0.1) is 16.1 Å². The molecule has 62 valence electrons. The minimum Gasteiger partial charge on any atom is -0.374 e. The van der Waals surface area contributed by atoms with Gasteiger partial charge in [-0.15, -0.1) is 0 Å². The van der Waals surface area contributed by atoms with Crippen molar-refractivity contribution in [3.05, 3.63) is 33.8 Å². The predicted molar refractivity (Wildman–Crippen MR) is 47.0 cm³/mol. The normalized spacial score (nSPS) is 12.2. The lowest BCUT2D eigenvalue weighted by Gasteiger charge is -2.02. The van der Waals surface area contributed by atoms with Crippen molar-refractivity contribution in [3.8, 4) is 6.07 Å². The van der Waals surface area contributed by atoms with Gasteiger partial charge in [-0.3, -0.25) is 0 Å². The van der Waals surface area contributed by atoms with Crippen molar-refractivity contribution < 1.29 is 5.11 Å². The van der Waals surface area contributed by atoms with Crippen LogP contribution in [0.2, 0.25) is 10.0 Å². The average Bonchev–Trinajstić information content (AvgIpc) is 2.08. The first kappa shape index (κ1) is 9.34. The Morgan fingerprint density at radius 1 is 1.33 bits per heavy atom. The molecule has 0 fully saturated rings. The Morgan fingerprint density at radius 3 is 2.50 bits per heavy atom. The van der Waals surface area contributed by atoms with Crippen LogP contribution in [0.15, 0.2) is 18.2 Å². The van der Waals surface area contributed by atoms with Gasteiger partial charge in [-0.1, -0.05) is 29.3 Å². The molecular weight excluding hydrogens is 197 g/mol. The molecule has 1 aromatic rings. The Bertz CT molecular complexity index is 332. The van der Waals surface area contributed by atoms with E-state index in [4.69, 9.17) is 33.6 Å². The van der Waals surface area contributed by atoms with Gasteiger partial charge in [0.15, 0.2) is 6.10 Å². The number of rotatable bonds is 1. The van der Waals surface area contributed by atoms with E-state index in [0.29, 0.717) is 15.6 Å². The summed E-state index contributed by atoms with van der Waals surface area (Å²) in [6.07, 6.45) is -1.14. The predicted octanol–water partition coefficient (Wildman–Crippen LogP) is 2.55. The molecule has 0 aliphatic rings. The minimum atomic E-state index is -1.14. The molecule has 0 saturated carbocycles. The third kappa shape index (κ3) is 1.89. The van der Waals surface area contributed by atoms with E-state index in [9.17, 15) is 0 Å². The Balaban J connectivity index is 3.06. The summed E-state index contributed by atoms with van der Waals surface area (Å²) in [6.45, 7) is 0. The van der Waals surface area contributed by atoms with E-state index in [1.807, 2.05) is 0 Å². The molecule has 0 aliphatic carbocycles. The number of aliphatic hydroxyl groups is 1. The van der Waals surface area contributed by atoms with Crippen LogP contribution >= 0.6 is 23.2 Å². The third-order valence-corrected chi connectivity index (χ3v) is 2.12. The highest BCUT2D eigenvalue weighted by atomic mass is 35.5. The zero-order valence-electron chi connectivity index (χ0n) is 5.96. The van der Waals surface area contributed by atoms with Crippen molar-refractivity contribution in [2.24, 2.45) is 0 Å². The maximum absolute atomic E-state index is 9.08. The fourth-order valence-corrected chi connectivity index (χ4v) is 1.06. The summed E-state index contributed by atoms with van der Waals surface area (Å²) in [5, 5.41) is 18.2. The van der Waals surface area contributed by atoms with Crippen LogP contribution in [0.1, 0.15) is 11.7 Å². The summed E-state index contributed by atoms with van der Waals surface area (Å²) in [5.41, 5.74) is 0.451. The second-order valence-corrected chi connectivity index (χ2v) is 3.02. The van der Waals surface area contributed by atoms with E-state index >= 15 is 0 Å². The van der Waals surface area contributed by atoms with Gasteiger partial charge in [0, 0.05) is 0 Å². The van der Waals surface area contributed by atoms with Crippen molar-refractivity contribution in [1.29, 1.82) is 5.26 Å². The van der Waals surface area contributed by atoms with Crippen LogP contribution in [0.25, 0.3) is 0 Å². The maximum Gasteiger partial charge on any atom is 0.165 e. The van der Waals surface area contributed by atoms with E-state index in [1.165, 1.54) is 6.07 Å². The first-order valence-corrected chi connectivity index (χ1v) is 3.93. The molecule has 2 nitrogen and oxygen atoms in total. The van der Waals surface area contributed by atoms with Gasteiger partial charge in [-0.2, -0.15) is 5.26 Å². The van der Waals surface area contributed by atoms with E-state index in [1.54, 1.807) is 18.2 Å². The number of halogens is 2. The standard InChI is InChI=1S/C8H5Cl2NO/c9-6-2-1-5(3-7(6)10)8(12)4-11/h1-3,8,12H. The van der Waals surface area contributed by atoms with Gasteiger partial charge in [0.1, 0.15) is 0 Å². The van der Waals surface area contributed by atoms with Gasteiger partial charge in [0.25, 0.3) is 0 Å². The largest absolute Gasteiger partial charge is 0.374 e. The topological polar surface area (TPSA) is 44.0 Å². The highest BCUT2D eigenvalue weighted by Crippen LogP contribution is 2.25. The molecule has 1 aromatic carbocycles. The maximum atomic E-state index is 9.08. The van der Waals surface area contributed by atoms with Crippen LogP contribution < -0.4 is 0 Å². The Hall–Kier alpha value is -0.750. The SMILES string of the molecule is N#CC(O)c1ccc(Cl)c(Cl)c1. The summed E-state index contributed by atoms with van der Waals surface area (Å²) in [6, 6.07) is 6.25. The first-order valence-electron chi connectivity index (χ1n) is 3.18. The molecule has 4 heteroatoms. The monoisotopic (exact) mass is 201 g/mol. The van der Waals surface area contributed by atoms with Crippen molar-refractivity contribution in [1.82, 2.24) is 0 Å². The number of aliphatic hydroxyl groups excluding tert-OH is 1. The fraction of sp³-hybridized carbons (Fsp3) is 0.125. The van der Waals surface area contributed by atoms with Crippen molar-refractivity contribution in [2.45, 2.75) is 6.10 Å². The molecule has 0 aromatic heterocycles. The quantitative estimate of drug-likeness (QED) is 0.711. The van der Waals surface area contributed by atoms with Gasteiger partial charge >= 0.3 is 0 Å². The van der Waals surface area contributed by atoms with Crippen LogP contribution in [0, 0.1) is 11.3 Å². The zero-order valence-corrected chi connectivity index (χ0v) is 7.47. The number of hydrogen-bond donors (Lipinski definition) is 1. The lowest BCUT2D eigenvalue weighted by Crippen LogP contribution is -1.92. The summed E-state index contributed by atoms with van der Waals surface area (Å²) >= 11 is 11.3. The molecule has 0 heterocycles. The number of nitriles is 1. The number of nitrogens with zero attached hydrogens (tertiary/aromatic N) is 1. The van der Waals surface area contributed by atoms with Gasteiger partial charge in [-0.25, -0.2) is 0 Å². The molecule has 1 N–H and O–H groups in total. The molecule has 12 heavy (non-hydrogen) atoms. The van der Waals surface area contributed by atoms with Crippen molar-refractivity contribution >= 4 is 23.2 Å². The van der Waals surface area contributed by atoms with E-state index in [-0.39, 0.29) is 0 Å². The highest BCUT2D eigenvalue weighted by molar-refractivity contribution is 6.42. The molecular formula is C8H5Cl2NO. The first-order chi connectivity index (χ1) is 5.65. The lowest BCUT2D eigenvalue weighted by atomic mass is 10.1. The van der Waals surface area contributed by atoms with Crippen LogP contribution in [0.5, 0.6) is 0 Å². The molecule has 1 rings (SSSR count). The Labute approximate surface area is 80.0 Å². The molecule has 0 amide bonds. The van der Waals surface area contributed by atoms with Crippen LogP contribution in [-0.4, -0.2) is 5.11 Å².